The van der Waals surface area contributed by atoms with E-state index in [9.17, 15) is 0 Å². The second-order valence-electron chi connectivity index (χ2n) is 7.97. The van der Waals surface area contributed by atoms with Gasteiger partial charge in [0.25, 0.3) is 0 Å². The molecular weight excluding hydrogens is 454 g/mol. The van der Waals surface area contributed by atoms with E-state index in [1.54, 1.807) is 33.4 Å². The van der Waals surface area contributed by atoms with Gasteiger partial charge in [0.2, 0.25) is 0 Å². The normalized spacial score (nSPS) is 27.1. The Hall–Kier alpha value is -0.297. The summed E-state index contributed by atoms with van der Waals surface area (Å²) >= 11 is -0.656. The van der Waals surface area contributed by atoms with E-state index >= 15 is 0 Å². The Bertz CT molecular complexity index is 827. The van der Waals surface area contributed by atoms with E-state index in [0.717, 1.165) is 3.63 Å². The van der Waals surface area contributed by atoms with Crippen LogP contribution in [0.1, 0.15) is 65.6 Å². The quantitative estimate of drug-likeness (QED) is 0.625. The van der Waals surface area contributed by atoms with Gasteiger partial charge in [0, 0.05) is 0 Å². The standard InChI is InChI=1S/C14H15O.C9H13.2ClH.Zr/c1-10-8-11-4-2-5-12(13(11)9-10)14-6-3-7-15-14;1-6-5-7(2)9(4)8(6)3;;;/h3,6-9,12H,2,4-5H2,1H3;6H,1-4H3;2*1H;/q;;;;+2/p-2. The summed E-state index contributed by atoms with van der Waals surface area (Å²) in [6.07, 6.45) is 8.21. The molecule has 0 saturated carbocycles. The molecule has 0 bridgehead atoms. The number of hydrogen-bond acceptors (Lipinski definition) is 1. The molecule has 1 nitrogen and oxygen atoms in total. The zero-order valence-electron chi connectivity index (χ0n) is 16.8. The molecule has 1 aromatic rings. The van der Waals surface area contributed by atoms with Crippen LogP contribution in [0.25, 0.3) is 0 Å². The molecule has 0 aliphatic heterocycles. The Morgan fingerprint density at radius 3 is 2.41 bits per heavy atom. The molecule has 3 unspecified atom stereocenters. The van der Waals surface area contributed by atoms with Crippen LogP contribution in [-0.2, 0) is 23.2 Å². The third kappa shape index (κ3) is 3.92. The Morgan fingerprint density at radius 2 is 1.81 bits per heavy atom. The largest absolute Gasteiger partial charge is 1.00 e. The molecule has 27 heavy (non-hydrogen) atoms. The van der Waals surface area contributed by atoms with Crippen molar-refractivity contribution in [2.24, 2.45) is 5.92 Å². The number of rotatable bonds is 3. The number of hydrogen-bond donors (Lipinski definition) is 0. The monoisotopic (exact) mass is 480 g/mol. The molecule has 0 radical (unpaired) electrons. The van der Waals surface area contributed by atoms with Crippen LogP contribution in [0.15, 0.2) is 65.6 Å². The number of halogens is 2. The first-order valence-electron chi connectivity index (χ1n) is 9.58. The van der Waals surface area contributed by atoms with Crippen LogP contribution < -0.4 is 24.8 Å². The predicted octanol–water partition coefficient (Wildman–Crippen LogP) is 0.943. The maximum Gasteiger partial charge on any atom is -1.00 e. The summed E-state index contributed by atoms with van der Waals surface area (Å²) in [6.45, 7) is 11.8. The van der Waals surface area contributed by atoms with E-state index < -0.39 is 23.2 Å². The van der Waals surface area contributed by atoms with Crippen molar-refractivity contribution in [3.8, 4) is 0 Å². The van der Waals surface area contributed by atoms with Crippen molar-refractivity contribution in [3.05, 3.63) is 67.0 Å². The molecule has 0 aromatic carbocycles. The van der Waals surface area contributed by atoms with E-state index in [1.165, 1.54) is 25.0 Å². The summed E-state index contributed by atoms with van der Waals surface area (Å²) in [6, 6.07) is 4.20. The van der Waals surface area contributed by atoms with Crippen LogP contribution in [0.2, 0.25) is 3.63 Å². The number of furan rings is 1. The number of allylic oxidation sites excluding steroid dienone is 8. The summed E-state index contributed by atoms with van der Waals surface area (Å²) in [4.78, 5) is 0. The summed E-state index contributed by atoms with van der Waals surface area (Å²) in [5, 5.41) is 0. The molecule has 1 aromatic heterocycles. The fraction of sp³-hybridized carbons (Fsp3) is 0.478. The fourth-order valence-electron chi connectivity index (χ4n) is 4.87. The molecule has 3 aliphatic carbocycles. The maximum absolute atomic E-state index is 5.78. The zero-order valence-corrected chi connectivity index (χ0v) is 20.8. The molecule has 0 amide bonds. The Kier molecular flexibility index (Phi) is 7.68. The van der Waals surface area contributed by atoms with Crippen LogP contribution in [0.5, 0.6) is 0 Å². The summed E-state index contributed by atoms with van der Waals surface area (Å²) in [5.74, 6) is 2.35. The molecule has 4 heteroatoms. The molecular formula is C23H28Cl2OZr. The van der Waals surface area contributed by atoms with Gasteiger partial charge < -0.3 is 24.8 Å². The van der Waals surface area contributed by atoms with E-state index in [2.05, 4.69) is 46.8 Å². The zero-order chi connectivity index (χ0) is 17.7. The van der Waals surface area contributed by atoms with E-state index in [1.807, 2.05) is 15.6 Å². The van der Waals surface area contributed by atoms with Crippen LogP contribution in [0, 0.1) is 5.92 Å². The van der Waals surface area contributed by atoms with E-state index in [0.29, 0.717) is 11.8 Å². The van der Waals surface area contributed by atoms with Crippen molar-refractivity contribution >= 4 is 0 Å². The van der Waals surface area contributed by atoms with Gasteiger partial charge >= 0.3 is 164 Å². The molecule has 3 atom stereocenters. The topological polar surface area (TPSA) is 13.1 Å². The van der Waals surface area contributed by atoms with Crippen LogP contribution in [-0.4, -0.2) is 0 Å². The van der Waals surface area contributed by atoms with Crippen molar-refractivity contribution in [1.82, 2.24) is 0 Å². The summed E-state index contributed by atoms with van der Waals surface area (Å²) in [5.41, 5.74) is 9.80. The van der Waals surface area contributed by atoms with Crippen molar-refractivity contribution < 1.29 is 52.5 Å². The van der Waals surface area contributed by atoms with Crippen molar-refractivity contribution in [1.29, 1.82) is 0 Å². The van der Waals surface area contributed by atoms with Gasteiger partial charge in [-0.05, 0) is 0 Å². The minimum atomic E-state index is -0.656. The van der Waals surface area contributed by atoms with Gasteiger partial charge in [0.1, 0.15) is 0 Å². The van der Waals surface area contributed by atoms with Gasteiger partial charge in [-0.2, -0.15) is 0 Å². The van der Waals surface area contributed by atoms with Gasteiger partial charge in [0.15, 0.2) is 0 Å². The first-order valence-corrected chi connectivity index (χ1v) is 12.2. The van der Waals surface area contributed by atoms with E-state index in [-0.39, 0.29) is 24.8 Å². The smallest absolute Gasteiger partial charge is 1.00 e. The fourth-order valence-corrected chi connectivity index (χ4v) is 9.73. The van der Waals surface area contributed by atoms with Gasteiger partial charge in [-0.15, -0.1) is 0 Å². The average molecular weight is 483 g/mol. The molecule has 0 fully saturated rings. The third-order valence-corrected chi connectivity index (χ3v) is 12.1. The first-order chi connectivity index (χ1) is 12.0. The maximum atomic E-state index is 5.78. The van der Waals surface area contributed by atoms with Crippen molar-refractivity contribution in [2.45, 2.75) is 63.4 Å². The van der Waals surface area contributed by atoms with Gasteiger partial charge in [0.05, 0.1) is 0 Å². The molecule has 3 aliphatic rings. The van der Waals surface area contributed by atoms with E-state index in [4.69, 9.17) is 4.42 Å². The molecule has 0 saturated heterocycles. The molecule has 1 heterocycles. The summed E-state index contributed by atoms with van der Waals surface area (Å²) in [7, 11) is 0. The second-order valence-corrected chi connectivity index (χ2v) is 11.4. The molecule has 4 rings (SSSR count). The third-order valence-electron chi connectivity index (χ3n) is 6.70. The van der Waals surface area contributed by atoms with Crippen LogP contribution >= 0.6 is 0 Å². The minimum Gasteiger partial charge on any atom is -1.00 e. The van der Waals surface area contributed by atoms with Crippen LogP contribution in [0.4, 0.5) is 0 Å². The van der Waals surface area contributed by atoms with Crippen molar-refractivity contribution in [2.75, 3.05) is 0 Å². The Morgan fingerprint density at radius 1 is 1.07 bits per heavy atom. The minimum absolute atomic E-state index is 0. The second kappa shape index (κ2) is 9.02. The summed E-state index contributed by atoms with van der Waals surface area (Å²) < 4.78 is 8.40. The van der Waals surface area contributed by atoms with Gasteiger partial charge in [-0.3, -0.25) is 0 Å². The molecule has 0 N–H and O–H groups in total. The van der Waals surface area contributed by atoms with Crippen LogP contribution in [0.3, 0.4) is 0 Å². The van der Waals surface area contributed by atoms with Crippen molar-refractivity contribution in [3.63, 3.8) is 0 Å². The van der Waals surface area contributed by atoms with Gasteiger partial charge in [-0.25, -0.2) is 0 Å². The molecule has 0 spiro atoms. The van der Waals surface area contributed by atoms with Gasteiger partial charge in [-0.1, -0.05) is 0 Å². The predicted molar refractivity (Wildman–Crippen MR) is 100 cm³/mol. The molecule has 144 valence electrons. The Balaban J connectivity index is 0.00000131. The SMILES string of the molecule is CC1=CC2=C(CCCC2c2ccco2)[CH]1[Zr+2][C]1=C(C)C(C)=C(C)C1C.[Cl-].[Cl-]. The first kappa shape index (κ1) is 23.0. The Labute approximate surface area is 187 Å². The average Bonchev–Trinajstić information content (AvgIpc) is 3.28.